The van der Waals surface area contributed by atoms with E-state index in [0.717, 1.165) is 22.8 Å². The fourth-order valence-corrected chi connectivity index (χ4v) is 2.66. The molecule has 3 nitrogen and oxygen atoms in total. The second kappa shape index (κ2) is 6.66. The molecule has 0 fully saturated rings. The molecule has 0 saturated carbocycles. The second-order valence-electron chi connectivity index (χ2n) is 4.59. The third-order valence-electron chi connectivity index (χ3n) is 2.84. The zero-order chi connectivity index (χ0) is 16.3. The summed E-state index contributed by atoms with van der Waals surface area (Å²) >= 11 is 7.04. The molecule has 22 heavy (non-hydrogen) atoms. The van der Waals surface area contributed by atoms with Gasteiger partial charge in [0.25, 0.3) is 0 Å². The van der Waals surface area contributed by atoms with Crippen LogP contribution in [-0.4, -0.2) is 10.9 Å². The monoisotopic (exact) mass is 348 g/mol. The Morgan fingerprint density at radius 1 is 1.41 bits per heavy atom. The summed E-state index contributed by atoms with van der Waals surface area (Å²) in [6, 6.07) is 3.24. The number of aryl methyl sites for hydroxylation is 2. The Hall–Kier alpha value is -1.60. The van der Waals surface area contributed by atoms with E-state index in [0.29, 0.717) is 6.42 Å². The predicted molar refractivity (Wildman–Crippen MR) is 80.3 cm³/mol. The average Bonchev–Trinajstić information content (AvgIpc) is 2.83. The standard InChI is InChI=1S/C14H12ClF3N2OS/c1-8-19-10(7-22-8)3-5-13(21)20-12-4-2-9(15)6-11(12)14(16,17)18/h2,4,6-7H,3,5H2,1H3,(H,20,21). The lowest BCUT2D eigenvalue weighted by atomic mass is 10.1. The first-order valence-electron chi connectivity index (χ1n) is 6.33. The van der Waals surface area contributed by atoms with Crippen LogP contribution in [0.5, 0.6) is 0 Å². The number of thiazole rings is 1. The third kappa shape index (κ3) is 4.45. The molecule has 1 aromatic heterocycles. The van der Waals surface area contributed by atoms with Crippen molar-refractivity contribution in [2.75, 3.05) is 5.32 Å². The van der Waals surface area contributed by atoms with Crippen molar-refractivity contribution in [1.29, 1.82) is 0 Å². The maximum Gasteiger partial charge on any atom is 0.418 e. The maximum atomic E-state index is 12.9. The van der Waals surface area contributed by atoms with Gasteiger partial charge in [-0.05, 0) is 31.5 Å². The molecule has 0 aliphatic heterocycles. The fourth-order valence-electron chi connectivity index (χ4n) is 1.84. The molecule has 1 N–H and O–H groups in total. The minimum atomic E-state index is -4.58. The van der Waals surface area contributed by atoms with Crippen molar-refractivity contribution in [2.45, 2.75) is 25.9 Å². The SMILES string of the molecule is Cc1nc(CCC(=O)Nc2ccc(Cl)cc2C(F)(F)F)cs1. The van der Waals surface area contributed by atoms with Gasteiger partial charge < -0.3 is 5.32 Å². The van der Waals surface area contributed by atoms with E-state index in [9.17, 15) is 18.0 Å². The van der Waals surface area contributed by atoms with E-state index in [-0.39, 0.29) is 17.1 Å². The van der Waals surface area contributed by atoms with E-state index in [2.05, 4.69) is 10.3 Å². The van der Waals surface area contributed by atoms with Gasteiger partial charge in [-0.15, -0.1) is 11.3 Å². The zero-order valence-corrected chi connectivity index (χ0v) is 13.1. The molecule has 0 unspecified atom stereocenters. The van der Waals surface area contributed by atoms with Crippen LogP contribution in [0, 0.1) is 6.92 Å². The van der Waals surface area contributed by atoms with E-state index in [1.807, 2.05) is 12.3 Å². The van der Waals surface area contributed by atoms with Gasteiger partial charge in [0.05, 0.1) is 22.0 Å². The Morgan fingerprint density at radius 3 is 2.73 bits per heavy atom. The van der Waals surface area contributed by atoms with E-state index in [1.54, 1.807) is 0 Å². The molecule has 0 aliphatic rings. The molecule has 0 bridgehead atoms. The number of carbonyl (C=O) groups excluding carboxylic acids is 1. The zero-order valence-electron chi connectivity index (χ0n) is 11.5. The molecule has 0 saturated heterocycles. The summed E-state index contributed by atoms with van der Waals surface area (Å²) in [7, 11) is 0. The van der Waals surface area contributed by atoms with Crippen LogP contribution >= 0.6 is 22.9 Å². The first-order valence-corrected chi connectivity index (χ1v) is 7.59. The van der Waals surface area contributed by atoms with Crippen molar-refractivity contribution >= 4 is 34.5 Å². The van der Waals surface area contributed by atoms with E-state index < -0.39 is 17.6 Å². The topological polar surface area (TPSA) is 42.0 Å². The highest BCUT2D eigenvalue weighted by Gasteiger charge is 2.34. The minimum absolute atomic E-state index is 0.0386. The second-order valence-corrected chi connectivity index (χ2v) is 6.09. The summed E-state index contributed by atoms with van der Waals surface area (Å²) in [5.74, 6) is -0.501. The lowest BCUT2D eigenvalue weighted by Crippen LogP contribution is -2.17. The summed E-state index contributed by atoms with van der Waals surface area (Å²) in [6.07, 6.45) is -4.15. The van der Waals surface area contributed by atoms with Crippen LogP contribution in [0.2, 0.25) is 5.02 Å². The van der Waals surface area contributed by atoms with Crippen molar-refractivity contribution in [3.63, 3.8) is 0 Å². The Morgan fingerprint density at radius 2 is 2.14 bits per heavy atom. The summed E-state index contributed by atoms with van der Waals surface area (Å²) in [5, 5.41) is 4.95. The van der Waals surface area contributed by atoms with Crippen molar-refractivity contribution in [3.05, 3.63) is 44.9 Å². The van der Waals surface area contributed by atoms with Gasteiger partial charge in [0.1, 0.15) is 0 Å². The van der Waals surface area contributed by atoms with Crippen LogP contribution in [0.4, 0.5) is 18.9 Å². The summed E-state index contributed by atoms with van der Waals surface area (Å²) < 4.78 is 38.7. The molecule has 1 heterocycles. The average molecular weight is 349 g/mol. The van der Waals surface area contributed by atoms with Crippen LogP contribution in [0.1, 0.15) is 22.7 Å². The molecular weight excluding hydrogens is 337 g/mol. The maximum absolute atomic E-state index is 12.9. The smallest absolute Gasteiger partial charge is 0.325 e. The number of benzene rings is 1. The Labute approximate surface area is 134 Å². The highest BCUT2D eigenvalue weighted by Crippen LogP contribution is 2.36. The van der Waals surface area contributed by atoms with Crippen molar-refractivity contribution in [1.82, 2.24) is 4.98 Å². The molecule has 0 atom stereocenters. The normalized spacial score (nSPS) is 11.5. The molecule has 1 aromatic carbocycles. The highest BCUT2D eigenvalue weighted by molar-refractivity contribution is 7.09. The van der Waals surface area contributed by atoms with Crippen LogP contribution in [0.15, 0.2) is 23.6 Å². The molecule has 0 radical (unpaired) electrons. The molecule has 118 valence electrons. The Bertz CT molecular complexity index is 685. The van der Waals surface area contributed by atoms with Crippen LogP contribution in [0.25, 0.3) is 0 Å². The molecule has 0 spiro atoms. The molecule has 2 aromatic rings. The van der Waals surface area contributed by atoms with Gasteiger partial charge >= 0.3 is 6.18 Å². The Balaban J connectivity index is 2.05. The predicted octanol–water partition coefficient (Wildman–Crippen LogP) is 4.70. The van der Waals surface area contributed by atoms with Gasteiger partial charge in [0, 0.05) is 16.8 Å². The number of rotatable bonds is 4. The number of carbonyl (C=O) groups is 1. The van der Waals surface area contributed by atoms with Gasteiger partial charge in [-0.1, -0.05) is 11.6 Å². The number of anilines is 1. The summed E-state index contributed by atoms with van der Waals surface area (Å²) in [6.45, 7) is 1.84. The largest absolute Gasteiger partial charge is 0.418 e. The molecule has 1 amide bonds. The first-order chi connectivity index (χ1) is 10.3. The Kier molecular flexibility index (Phi) is 5.08. The molecule has 2 rings (SSSR count). The van der Waals surface area contributed by atoms with Crippen LogP contribution in [-0.2, 0) is 17.4 Å². The molecule has 0 aliphatic carbocycles. The van der Waals surface area contributed by atoms with Gasteiger partial charge in [-0.2, -0.15) is 13.2 Å². The number of halogens is 4. The van der Waals surface area contributed by atoms with Gasteiger partial charge in [0.15, 0.2) is 0 Å². The number of hydrogen-bond donors (Lipinski definition) is 1. The number of nitrogens with one attached hydrogen (secondary N) is 1. The quantitative estimate of drug-likeness (QED) is 0.870. The van der Waals surface area contributed by atoms with Crippen molar-refractivity contribution in [2.24, 2.45) is 0 Å². The fraction of sp³-hybridized carbons (Fsp3) is 0.286. The number of amides is 1. The van der Waals surface area contributed by atoms with Gasteiger partial charge in [0.2, 0.25) is 5.91 Å². The van der Waals surface area contributed by atoms with Gasteiger partial charge in [-0.25, -0.2) is 4.98 Å². The number of hydrogen-bond acceptors (Lipinski definition) is 3. The van der Waals surface area contributed by atoms with Crippen molar-refractivity contribution < 1.29 is 18.0 Å². The lowest BCUT2D eigenvalue weighted by Gasteiger charge is -2.14. The summed E-state index contributed by atoms with van der Waals surface area (Å²) in [4.78, 5) is 16.0. The molecule has 8 heteroatoms. The van der Waals surface area contributed by atoms with Crippen LogP contribution < -0.4 is 5.32 Å². The lowest BCUT2D eigenvalue weighted by molar-refractivity contribution is -0.137. The van der Waals surface area contributed by atoms with E-state index in [1.165, 1.54) is 17.4 Å². The van der Waals surface area contributed by atoms with E-state index in [4.69, 9.17) is 11.6 Å². The van der Waals surface area contributed by atoms with Crippen molar-refractivity contribution in [3.8, 4) is 0 Å². The third-order valence-corrected chi connectivity index (χ3v) is 3.89. The molecular formula is C14H12ClF3N2OS. The summed E-state index contributed by atoms with van der Waals surface area (Å²) in [5.41, 5.74) is -0.501. The highest BCUT2D eigenvalue weighted by atomic mass is 35.5. The number of aromatic nitrogens is 1. The van der Waals surface area contributed by atoms with Gasteiger partial charge in [-0.3, -0.25) is 4.79 Å². The number of alkyl halides is 3. The van der Waals surface area contributed by atoms with E-state index >= 15 is 0 Å². The first kappa shape index (κ1) is 16.8. The number of nitrogens with zero attached hydrogens (tertiary/aromatic N) is 1. The van der Waals surface area contributed by atoms with Crippen LogP contribution in [0.3, 0.4) is 0 Å². The minimum Gasteiger partial charge on any atom is -0.325 e.